The summed E-state index contributed by atoms with van der Waals surface area (Å²) in [5.74, 6) is -1.63. The summed E-state index contributed by atoms with van der Waals surface area (Å²) in [5, 5.41) is 3.10. The first-order valence-corrected chi connectivity index (χ1v) is 10.1. The third-order valence-electron chi connectivity index (χ3n) is 5.26. The summed E-state index contributed by atoms with van der Waals surface area (Å²) in [6.07, 6.45) is 8.38. The van der Waals surface area contributed by atoms with Crippen molar-refractivity contribution in [3.05, 3.63) is 59.9 Å². The van der Waals surface area contributed by atoms with Gasteiger partial charge in [0.2, 0.25) is 11.7 Å². The highest BCUT2D eigenvalue weighted by Gasteiger charge is 2.35. The quantitative estimate of drug-likeness (QED) is 0.762. The van der Waals surface area contributed by atoms with Crippen LogP contribution in [0.3, 0.4) is 0 Å². The van der Waals surface area contributed by atoms with Crippen LogP contribution < -0.4 is 10.2 Å². The first kappa shape index (κ1) is 20.7. The molecule has 1 aromatic carbocycles. The Labute approximate surface area is 171 Å². The van der Waals surface area contributed by atoms with Gasteiger partial charge in [0.1, 0.15) is 6.04 Å². The SMILES string of the molecule is CC(=O)C(=O)N(c1cccc(C)c1)C(C(=O)NC1CCCCC1)c1cccnc1. The molecule has 0 radical (unpaired) electrons. The van der Waals surface area contributed by atoms with Crippen LogP contribution in [0.2, 0.25) is 0 Å². The van der Waals surface area contributed by atoms with Crippen molar-refractivity contribution in [1.82, 2.24) is 10.3 Å². The number of nitrogens with one attached hydrogen (secondary N) is 1. The van der Waals surface area contributed by atoms with E-state index >= 15 is 0 Å². The standard InChI is InChI=1S/C23H27N3O3/c1-16-8-6-12-20(14-16)26(23(29)17(2)27)21(18-9-7-13-24-15-18)22(28)25-19-10-4-3-5-11-19/h6-9,12-15,19,21H,3-5,10-11H2,1-2H3,(H,25,28). The Balaban J connectivity index is 2.03. The molecule has 2 amide bonds. The fourth-order valence-electron chi connectivity index (χ4n) is 3.81. The summed E-state index contributed by atoms with van der Waals surface area (Å²) in [7, 11) is 0. The predicted molar refractivity (Wildman–Crippen MR) is 111 cm³/mol. The Morgan fingerprint density at radius 2 is 1.86 bits per heavy atom. The first-order valence-electron chi connectivity index (χ1n) is 10.1. The van der Waals surface area contributed by atoms with Crippen LogP contribution in [-0.2, 0) is 14.4 Å². The number of anilines is 1. The first-order chi connectivity index (χ1) is 14.0. The largest absolute Gasteiger partial charge is 0.351 e. The normalized spacial score (nSPS) is 15.4. The van der Waals surface area contributed by atoms with Crippen molar-refractivity contribution in [2.24, 2.45) is 0 Å². The summed E-state index contributed by atoms with van der Waals surface area (Å²) in [4.78, 5) is 43.8. The zero-order chi connectivity index (χ0) is 20.8. The van der Waals surface area contributed by atoms with Crippen molar-refractivity contribution in [3.8, 4) is 0 Å². The molecule has 1 unspecified atom stereocenters. The number of rotatable bonds is 6. The summed E-state index contributed by atoms with van der Waals surface area (Å²) < 4.78 is 0. The molecule has 1 heterocycles. The third-order valence-corrected chi connectivity index (χ3v) is 5.26. The molecule has 0 aliphatic heterocycles. The van der Waals surface area contributed by atoms with Crippen LogP contribution in [-0.4, -0.2) is 28.6 Å². The van der Waals surface area contributed by atoms with Gasteiger partial charge in [-0.15, -0.1) is 0 Å². The van der Waals surface area contributed by atoms with Gasteiger partial charge in [0.05, 0.1) is 0 Å². The molecule has 29 heavy (non-hydrogen) atoms. The summed E-state index contributed by atoms with van der Waals surface area (Å²) in [6, 6.07) is 9.86. The predicted octanol–water partition coefficient (Wildman–Crippen LogP) is 3.50. The van der Waals surface area contributed by atoms with Crippen LogP contribution in [0, 0.1) is 6.92 Å². The molecule has 1 atom stereocenters. The molecule has 152 valence electrons. The van der Waals surface area contributed by atoms with E-state index in [1.165, 1.54) is 18.2 Å². The molecule has 6 nitrogen and oxygen atoms in total. The smallest absolute Gasteiger partial charge is 0.295 e. The molecule has 1 saturated carbocycles. The minimum absolute atomic E-state index is 0.0854. The van der Waals surface area contributed by atoms with Gasteiger partial charge < -0.3 is 5.32 Å². The molecule has 0 spiro atoms. The van der Waals surface area contributed by atoms with E-state index < -0.39 is 17.7 Å². The molecule has 1 N–H and O–H groups in total. The highest BCUT2D eigenvalue weighted by molar-refractivity contribution is 6.41. The molecule has 6 heteroatoms. The molecule has 1 aliphatic carbocycles. The fourth-order valence-corrected chi connectivity index (χ4v) is 3.81. The van der Waals surface area contributed by atoms with E-state index in [2.05, 4.69) is 10.3 Å². The van der Waals surface area contributed by atoms with Gasteiger partial charge in [-0.05, 0) is 43.5 Å². The van der Waals surface area contributed by atoms with Crippen molar-refractivity contribution >= 4 is 23.3 Å². The van der Waals surface area contributed by atoms with E-state index in [0.717, 1.165) is 31.2 Å². The second-order valence-electron chi connectivity index (χ2n) is 7.60. The van der Waals surface area contributed by atoms with Gasteiger partial charge in [0, 0.05) is 36.6 Å². The number of nitrogens with zero attached hydrogens (tertiary/aromatic N) is 2. The minimum atomic E-state index is -0.969. The van der Waals surface area contributed by atoms with Crippen molar-refractivity contribution in [2.45, 2.75) is 58.0 Å². The van der Waals surface area contributed by atoms with Crippen molar-refractivity contribution < 1.29 is 14.4 Å². The van der Waals surface area contributed by atoms with Crippen molar-refractivity contribution in [1.29, 1.82) is 0 Å². The Hall–Kier alpha value is -3.02. The van der Waals surface area contributed by atoms with E-state index in [-0.39, 0.29) is 11.9 Å². The number of benzene rings is 1. The number of aromatic nitrogens is 1. The van der Waals surface area contributed by atoms with E-state index in [9.17, 15) is 14.4 Å². The van der Waals surface area contributed by atoms with Crippen molar-refractivity contribution in [3.63, 3.8) is 0 Å². The maximum absolute atomic E-state index is 13.4. The lowest BCUT2D eigenvalue weighted by atomic mass is 9.94. The Morgan fingerprint density at radius 3 is 2.48 bits per heavy atom. The second kappa shape index (κ2) is 9.45. The Bertz CT molecular complexity index is 876. The van der Waals surface area contributed by atoms with Gasteiger partial charge in [0.15, 0.2) is 0 Å². The lowest BCUT2D eigenvalue weighted by molar-refractivity contribution is -0.136. The summed E-state index contributed by atoms with van der Waals surface area (Å²) in [6.45, 7) is 3.13. The topological polar surface area (TPSA) is 79.4 Å². The van der Waals surface area contributed by atoms with Gasteiger partial charge in [-0.1, -0.05) is 37.5 Å². The van der Waals surface area contributed by atoms with Gasteiger partial charge in [-0.3, -0.25) is 24.3 Å². The third kappa shape index (κ3) is 5.08. The molecule has 1 fully saturated rings. The average Bonchev–Trinajstić information content (AvgIpc) is 2.72. The average molecular weight is 393 g/mol. The molecular formula is C23H27N3O3. The van der Waals surface area contributed by atoms with Crippen LogP contribution in [0.5, 0.6) is 0 Å². The fraction of sp³-hybridized carbons (Fsp3) is 0.391. The number of hydrogen-bond donors (Lipinski definition) is 1. The number of ketones is 1. The number of hydrogen-bond acceptors (Lipinski definition) is 4. The summed E-state index contributed by atoms with van der Waals surface area (Å²) >= 11 is 0. The van der Waals surface area contributed by atoms with Gasteiger partial charge >= 0.3 is 0 Å². The van der Waals surface area contributed by atoms with E-state index in [1.54, 1.807) is 36.7 Å². The zero-order valence-electron chi connectivity index (χ0n) is 16.9. The highest BCUT2D eigenvalue weighted by atomic mass is 16.2. The van der Waals surface area contributed by atoms with E-state index in [1.807, 2.05) is 19.1 Å². The van der Waals surface area contributed by atoms with Crippen LogP contribution in [0.4, 0.5) is 5.69 Å². The van der Waals surface area contributed by atoms with Crippen LogP contribution in [0.25, 0.3) is 0 Å². The Kier molecular flexibility index (Phi) is 6.75. The molecule has 1 aliphatic rings. The molecule has 1 aromatic heterocycles. The second-order valence-corrected chi connectivity index (χ2v) is 7.60. The number of carbonyl (C=O) groups excluding carboxylic acids is 3. The summed E-state index contributed by atoms with van der Waals surface area (Å²) in [5.41, 5.74) is 2.01. The van der Waals surface area contributed by atoms with Crippen LogP contribution in [0.15, 0.2) is 48.8 Å². The lowest BCUT2D eigenvalue weighted by Gasteiger charge is -2.32. The van der Waals surface area contributed by atoms with Gasteiger partial charge in [-0.2, -0.15) is 0 Å². The monoisotopic (exact) mass is 393 g/mol. The molecule has 2 aromatic rings. The number of amides is 2. The Morgan fingerprint density at radius 1 is 1.10 bits per heavy atom. The zero-order valence-corrected chi connectivity index (χ0v) is 16.9. The van der Waals surface area contributed by atoms with Gasteiger partial charge in [-0.25, -0.2) is 0 Å². The van der Waals surface area contributed by atoms with E-state index in [0.29, 0.717) is 11.3 Å². The van der Waals surface area contributed by atoms with Crippen molar-refractivity contribution in [2.75, 3.05) is 4.90 Å². The van der Waals surface area contributed by atoms with Crippen LogP contribution >= 0.6 is 0 Å². The molecule has 3 rings (SSSR count). The maximum Gasteiger partial charge on any atom is 0.295 e. The molecular weight excluding hydrogens is 366 g/mol. The lowest BCUT2D eigenvalue weighted by Crippen LogP contribution is -2.48. The molecule has 0 bridgehead atoms. The highest BCUT2D eigenvalue weighted by Crippen LogP contribution is 2.29. The number of carbonyl (C=O) groups is 3. The number of aryl methyl sites for hydroxylation is 1. The molecule has 0 saturated heterocycles. The maximum atomic E-state index is 13.4. The van der Waals surface area contributed by atoms with Crippen LogP contribution in [0.1, 0.15) is 56.2 Å². The van der Waals surface area contributed by atoms with E-state index in [4.69, 9.17) is 0 Å². The number of Topliss-reactive ketones (excluding diaryl/α,β-unsaturated/α-hetero) is 1. The minimum Gasteiger partial charge on any atom is -0.351 e. The van der Waals surface area contributed by atoms with Gasteiger partial charge in [0.25, 0.3) is 5.91 Å². The number of pyridine rings is 1.